The first-order valence-electron chi connectivity index (χ1n) is 9.16. The SMILES string of the molecule is CCOC(=O)C1=C(C)N=C2SCC(=O)N2[C@@H]1c1ccc(-c2ccc([N+](=O)[O-])cc2)o1. The van der Waals surface area contributed by atoms with E-state index in [1.807, 2.05) is 0 Å². The van der Waals surface area contributed by atoms with Crippen molar-refractivity contribution in [3.63, 3.8) is 0 Å². The highest BCUT2D eigenvalue weighted by Crippen LogP contribution is 2.42. The number of hydrogen-bond donors (Lipinski definition) is 0. The minimum absolute atomic E-state index is 0.0264. The molecular formula is C20H17N3O6S. The zero-order chi connectivity index (χ0) is 21.4. The quantitative estimate of drug-likeness (QED) is 0.406. The van der Waals surface area contributed by atoms with E-state index in [2.05, 4.69) is 4.99 Å². The van der Waals surface area contributed by atoms with Crippen molar-refractivity contribution in [1.29, 1.82) is 0 Å². The number of esters is 1. The zero-order valence-electron chi connectivity index (χ0n) is 16.2. The Morgan fingerprint density at radius 1 is 1.33 bits per heavy atom. The smallest absolute Gasteiger partial charge is 0.338 e. The number of hydrogen-bond acceptors (Lipinski definition) is 8. The lowest BCUT2D eigenvalue weighted by molar-refractivity contribution is -0.384. The second-order valence-electron chi connectivity index (χ2n) is 6.57. The van der Waals surface area contributed by atoms with E-state index in [4.69, 9.17) is 9.15 Å². The maximum Gasteiger partial charge on any atom is 0.338 e. The van der Waals surface area contributed by atoms with Crippen LogP contribution in [-0.2, 0) is 14.3 Å². The molecule has 2 aliphatic rings. The van der Waals surface area contributed by atoms with E-state index in [0.717, 1.165) is 0 Å². The second kappa shape index (κ2) is 7.79. The summed E-state index contributed by atoms with van der Waals surface area (Å²) >= 11 is 1.31. The molecule has 0 N–H and O–H groups in total. The summed E-state index contributed by atoms with van der Waals surface area (Å²) in [7, 11) is 0. The van der Waals surface area contributed by atoms with Crippen LogP contribution in [0.3, 0.4) is 0 Å². The van der Waals surface area contributed by atoms with Crippen LogP contribution >= 0.6 is 11.8 Å². The number of amides is 1. The average Bonchev–Trinajstić information content (AvgIpc) is 3.34. The van der Waals surface area contributed by atoms with Gasteiger partial charge in [-0.3, -0.25) is 19.8 Å². The van der Waals surface area contributed by atoms with E-state index >= 15 is 0 Å². The predicted molar refractivity (Wildman–Crippen MR) is 110 cm³/mol. The summed E-state index contributed by atoms with van der Waals surface area (Å²) in [5, 5.41) is 11.4. The Labute approximate surface area is 175 Å². The number of non-ortho nitro benzene ring substituents is 1. The third kappa shape index (κ3) is 3.39. The summed E-state index contributed by atoms with van der Waals surface area (Å²) in [6, 6.07) is 8.54. The Kier molecular flexibility index (Phi) is 5.17. The fraction of sp³-hybridized carbons (Fsp3) is 0.250. The Balaban J connectivity index is 1.75. The number of ether oxygens (including phenoxy) is 1. The molecule has 1 aromatic heterocycles. The summed E-state index contributed by atoms with van der Waals surface area (Å²) in [5.41, 5.74) is 1.33. The Morgan fingerprint density at radius 3 is 2.73 bits per heavy atom. The number of nitrogens with zero attached hydrogens (tertiary/aromatic N) is 3. The number of nitro benzene ring substituents is 1. The fourth-order valence-corrected chi connectivity index (χ4v) is 4.32. The highest BCUT2D eigenvalue weighted by atomic mass is 32.2. The lowest BCUT2D eigenvalue weighted by atomic mass is 10.00. The molecule has 2 aromatic rings. The number of allylic oxidation sites excluding steroid dienone is 1. The summed E-state index contributed by atoms with van der Waals surface area (Å²) in [5.74, 6) is 0.347. The minimum Gasteiger partial charge on any atom is -0.463 e. The van der Waals surface area contributed by atoms with Crippen molar-refractivity contribution in [3.8, 4) is 11.3 Å². The van der Waals surface area contributed by atoms with Crippen molar-refractivity contribution in [1.82, 2.24) is 4.90 Å². The molecule has 1 atom stereocenters. The zero-order valence-corrected chi connectivity index (χ0v) is 17.0. The topological polar surface area (TPSA) is 115 Å². The maximum atomic E-state index is 12.7. The van der Waals surface area contributed by atoms with Gasteiger partial charge in [-0.1, -0.05) is 11.8 Å². The molecule has 9 nitrogen and oxygen atoms in total. The molecule has 154 valence electrons. The molecule has 1 saturated heterocycles. The monoisotopic (exact) mass is 427 g/mol. The third-order valence-corrected chi connectivity index (χ3v) is 5.68. The van der Waals surface area contributed by atoms with Crippen LogP contribution in [0.25, 0.3) is 11.3 Å². The van der Waals surface area contributed by atoms with Crippen molar-refractivity contribution < 1.29 is 23.7 Å². The Bertz CT molecular complexity index is 1100. The number of furan rings is 1. The van der Waals surface area contributed by atoms with Gasteiger partial charge in [0.15, 0.2) is 5.17 Å². The fourth-order valence-electron chi connectivity index (χ4n) is 3.38. The average molecular weight is 427 g/mol. The van der Waals surface area contributed by atoms with Gasteiger partial charge in [-0.2, -0.15) is 0 Å². The highest BCUT2D eigenvalue weighted by molar-refractivity contribution is 8.15. The van der Waals surface area contributed by atoms with Gasteiger partial charge in [0.25, 0.3) is 5.69 Å². The lowest BCUT2D eigenvalue weighted by Crippen LogP contribution is -2.39. The van der Waals surface area contributed by atoms with Gasteiger partial charge < -0.3 is 9.15 Å². The number of rotatable bonds is 5. The standard InChI is InChI=1S/C20H17N3O6S/c1-3-28-19(25)17-11(2)21-20-22(16(24)10-30-20)18(17)15-9-8-14(29-15)12-4-6-13(7-5-12)23(26)27/h4-9,18H,3,10H2,1-2H3/t18-/m1/s1. The van der Waals surface area contributed by atoms with Gasteiger partial charge >= 0.3 is 5.97 Å². The molecule has 0 unspecified atom stereocenters. The summed E-state index contributed by atoms with van der Waals surface area (Å²) < 4.78 is 11.2. The van der Waals surface area contributed by atoms with E-state index in [0.29, 0.717) is 27.9 Å². The highest BCUT2D eigenvalue weighted by Gasteiger charge is 2.44. The van der Waals surface area contributed by atoms with E-state index in [1.54, 1.807) is 38.1 Å². The predicted octanol–water partition coefficient (Wildman–Crippen LogP) is 3.68. The van der Waals surface area contributed by atoms with E-state index in [-0.39, 0.29) is 29.5 Å². The van der Waals surface area contributed by atoms with Crippen LogP contribution in [0.1, 0.15) is 25.6 Å². The van der Waals surface area contributed by atoms with Crippen molar-refractivity contribution in [3.05, 3.63) is 63.5 Å². The largest absolute Gasteiger partial charge is 0.463 e. The molecule has 30 heavy (non-hydrogen) atoms. The van der Waals surface area contributed by atoms with Gasteiger partial charge in [0.1, 0.15) is 17.6 Å². The van der Waals surface area contributed by atoms with Crippen LogP contribution in [0.15, 0.2) is 57.1 Å². The molecule has 10 heteroatoms. The molecule has 3 heterocycles. The number of carbonyl (C=O) groups is 2. The Morgan fingerprint density at radius 2 is 2.07 bits per heavy atom. The van der Waals surface area contributed by atoms with Crippen LogP contribution in [-0.4, -0.2) is 39.2 Å². The van der Waals surface area contributed by atoms with Crippen molar-refractivity contribution >= 4 is 34.5 Å². The van der Waals surface area contributed by atoms with Gasteiger partial charge in [0.2, 0.25) is 5.91 Å². The van der Waals surface area contributed by atoms with Gasteiger partial charge in [0, 0.05) is 17.7 Å². The van der Waals surface area contributed by atoms with Crippen molar-refractivity contribution in [2.75, 3.05) is 12.4 Å². The number of aliphatic imine (C=N–C) groups is 1. The normalized spacial score (nSPS) is 18.3. The minimum atomic E-state index is -0.786. The van der Waals surface area contributed by atoms with Gasteiger partial charge in [0.05, 0.1) is 28.6 Å². The molecule has 2 aliphatic heterocycles. The van der Waals surface area contributed by atoms with Crippen molar-refractivity contribution in [2.45, 2.75) is 19.9 Å². The molecule has 0 radical (unpaired) electrons. The van der Waals surface area contributed by atoms with E-state index < -0.39 is 16.9 Å². The number of fused-ring (bicyclic) bond motifs is 1. The molecule has 0 spiro atoms. The summed E-state index contributed by atoms with van der Waals surface area (Å²) in [6.07, 6.45) is 0. The molecule has 1 aromatic carbocycles. The molecule has 0 aliphatic carbocycles. The number of amidine groups is 1. The third-order valence-electron chi connectivity index (χ3n) is 4.74. The van der Waals surface area contributed by atoms with Gasteiger partial charge in [-0.15, -0.1) is 0 Å². The van der Waals surface area contributed by atoms with E-state index in [1.165, 1.54) is 28.8 Å². The first-order chi connectivity index (χ1) is 14.4. The van der Waals surface area contributed by atoms with Crippen LogP contribution in [0.2, 0.25) is 0 Å². The van der Waals surface area contributed by atoms with Crippen LogP contribution in [0.4, 0.5) is 5.69 Å². The molecule has 0 saturated carbocycles. The number of thioether (sulfide) groups is 1. The van der Waals surface area contributed by atoms with Crippen molar-refractivity contribution in [2.24, 2.45) is 4.99 Å². The molecule has 1 amide bonds. The van der Waals surface area contributed by atoms with Crippen LogP contribution in [0, 0.1) is 10.1 Å². The molecule has 0 bridgehead atoms. The molecule has 1 fully saturated rings. The second-order valence-corrected chi connectivity index (χ2v) is 7.52. The first-order valence-corrected chi connectivity index (χ1v) is 10.1. The summed E-state index contributed by atoms with van der Waals surface area (Å²) in [6.45, 7) is 3.59. The lowest BCUT2D eigenvalue weighted by Gasteiger charge is -2.31. The number of carbonyl (C=O) groups excluding carboxylic acids is 2. The maximum absolute atomic E-state index is 12.7. The van der Waals surface area contributed by atoms with Crippen LogP contribution < -0.4 is 0 Å². The Hall–Kier alpha value is -3.40. The number of benzene rings is 1. The molecular weight excluding hydrogens is 410 g/mol. The first kappa shape index (κ1) is 19.9. The summed E-state index contributed by atoms with van der Waals surface area (Å²) in [4.78, 5) is 41.5. The molecule has 4 rings (SSSR count). The number of nitro groups is 1. The van der Waals surface area contributed by atoms with Crippen LogP contribution in [0.5, 0.6) is 0 Å². The van der Waals surface area contributed by atoms with Gasteiger partial charge in [-0.05, 0) is 38.1 Å². The van der Waals surface area contributed by atoms with Gasteiger partial charge in [-0.25, -0.2) is 9.79 Å². The van der Waals surface area contributed by atoms with E-state index in [9.17, 15) is 19.7 Å².